The Hall–Kier alpha value is -0.960. The van der Waals surface area contributed by atoms with Gasteiger partial charge in [-0.25, -0.2) is 16.8 Å². The highest BCUT2D eigenvalue weighted by atomic mass is 32.2. The number of sulfonamides is 2. The molecule has 2 aliphatic rings. The lowest BCUT2D eigenvalue weighted by Crippen LogP contribution is -2.47. The van der Waals surface area contributed by atoms with E-state index in [-0.39, 0.29) is 34.0 Å². The summed E-state index contributed by atoms with van der Waals surface area (Å²) in [4.78, 5) is 0.318. The van der Waals surface area contributed by atoms with Gasteiger partial charge in [0.2, 0.25) is 20.0 Å². The van der Waals surface area contributed by atoms with Crippen molar-refractivity contribution in [2.45, 2.75) is 100 Å². The molecule has 28 heavy (non-hydrogen) atoms. The van der Waals surface area contributed by atoms with E-state index in [0.717, 1.165) is 38.5 Å². The lowest BCUT2D eigenvalue weighted by atomic mass is 10.0. The summed E-state index contributed by atoms with van der Waals surface area (Å²) in [5.74, 6) is 0. The standard InChI is InChI=1S/C20H32N2O4S2/c1-15-7-5-8-16(2)21(15)27(23,24)19-11-13-20(14-12-19)28(25,26)22-17(3)9-6-10-18(22)4/h11-18H,5-10H2,1-4H3/t15-,16-,17-,18-/m0/s1. The Morgan fingerprint density at radius 3 is 1.11 bits per heavy atom. The Balaban J connectivity index is 1.91. The van der Waals surface area contributed by atoms with Gasteiger partial charge in [0.1, 0.15) is 0 Å². The van der Waals surface area contributed by atoms with Crippen LogP contribution in [0.15, 0.2) is 34.1 Å². The molecule has 2 fully saturated rings. The van der Waals surface area contributed by atoms with Crippen LogP contribution in [0.5, 0.6) is 0 Å². The van der Waals surface area contributed by atoms with E-state index >= 15 is 0 Å². The molecule has 158 valence electrons. The van der Waals surface area contributed by atoms with Crippen molar-refractivity contribution < 1.29 is 16.8 Å². The van der Waals surface area contributed by atoms with Crippen LogP contribution >= 0.6 is 0 Å². The van der Waals surface area contributed by atoms with Crippen molar-refractivity contribution in [1.82, 2.24) is 8.61 Å². The maximum absolute atomic E-state index is 13.1. The molecule has 0 aromatic heterocycles. The molecule has 0 amide bonds. The minimum atomic E-state index is -3.64. The summed E-state index contributed by atoms with van der Waals surface area (Å²) in [7, 11) is -7.29. The number of hydrogen-bond acceptors (Lipinski definition) is 4. The molecule has 0 radical (unpaired) electrons. The molecule has 2 aliphatic heterocycles. The molecule has 8 heteroatoms. The number of hydrogen-bond donors (Lipinski definition) is 0. The average molecular weight is 429 g/mol. The lowest BCUT2D eigenvalue weighted by Gasteiger charge is -2.38. The number of rotatable bonds is 4. The van der Waals surface area contributed by atoms with Gasteiger partial charge in [-0.3, -0.25) is 0 Å². The van der Waals surface area contributed by atoms with Crippen molar-refractivity contribution in [2.75, 3.05) is 0 Å². The first-order valence-corrected chi connectivity index (χ1v) is 13.1. The SMILES string of the molecule is C[C@H]1CCC[C@H](C)N1S(=O)(=O)c1ccc(S(=O)(=O)N2[C@@H](C)CCC[C@@H]2C)cc1. The zero-order valence-electron chi connectivity index (χ0n) is 17.2. The molecular formula is C20H32N2O4S2. The molecule has 2 heterocycles. The van der Waals surface area contributed by atoms with E-state index in [1.54, 1.807) is 8.61 Å². The van der Waals surface area contributed by atoms with Gasteiger partial charge in [0.25, 0.3) is 0 Å². The molecule has 1 aromatic carbocycles. The Morgan fingerprint density at radius 2 is 0.857 bits per heavy atom. The van der Waals surface area contributed by atoms with E-state index < -0.39 is 20.0 Å². The highest BCUT2D eigenvalue weighted by molar-refractivity contribution is 7.89. The summed E-state index contributed by atoms with van der Waals surface area (Å²) < 4.78 is 55.7. The summed E-state index contributed by atoms with van der Waals surface area (Å²) in [6.45, 7) is 7.74. The van der Waals surface area contributed by atoms with E-state index in [1.165, 1.54) is 24.3 Å². The summed E-state index contributed by atoms with van der Waals surface area (Å²) >= 11 is 0. The quantitative estimate of drug-likeness (QED) is 0.734. The maximum Gasteiger partial charge on any atom is 0.243 e. The van der Waals surface area contributed by atoms with Crippen molar-refractivity contribution in [3.05, 3.63) is 24.3 Å². The smallest absolute Gasteiger partial charge is 0.207 e. The third-order valence-corrected chi connectivity index (χ3v) is 10.5. The van der Waals surface area contributed by atoms with Crippen LogP contribution in [0.4, 0.5) is 0 Å². The molecule has 4 atom stereocenters. The zero-order valence-corrected chi connectivity index (χ0v) is 18.8. The van der Waals surface area contributed by atoms with Gasteiger partial charge in [-0.1, -0.05) is 12.8 Å². The van der Waals surface area contributed by atoms with Crippen LogP contribution in [-0.4, -0.2) is 49.6 Å². The fourth-order valence-electron chi connectivity index (χ4n) is 4.77. The van der Waals surface area contributed by atoms with E-state index in [0.29, 0.717) is 0 Å². The Morgan fingerprint density at radius 1 is 0.607 bits per heavy atom. The fourth-order valence-corrected chi connectivity index (χ4v) is 8.53. The summed E-state index contributed by atoms with van der Waals surface area (Å²) in [6.07, 6.45) is 5.44. The second kappa shape index (κ2) is 8.05. The van der Waals surface area contributed by atoms with Crippen LogP contribution in [0.25, 0.3) is 0 Å². The molecule has 0 spiro atoms. The van der Waals surface area contributed by atoms with Crippen LogP contribution < -0.4 is 0 Å². The Kier molecular flexibility index (Phi) is 6.25. The monoisotopic (exact) mass is 428 g/mol. The van der Waals surface area contributed by atoms with Crippen molar-refractivity contribution in [1.29, 1.82) is 0 Å². The highest BCUT2D eigenvalue weighted by Gasteiger charge is 2.37. The lowest BCUT2D eigenvalue weighted by molar-refractivity contribution is 0.203. The van der Waals surface area contributed by atoms with Gasteiger partial charge in [0, 0.05) is 24.2 Å². The maximum atomic E-state index is 13.1. The van der Waals surface area contributed by atoms with Gasteiger partial charge in [-0.2, -0.15) is 8.61 Å². The molecule has 0 unspecified atom stereocenters. The second-order valence-electron chi connectivity index (χ2n) is 8.40. The molecule has 6 nitrogen and oxygen atoms in total. The predicted octanol–water partition coefficient (Wildman–Crippen LogP) is 3.59. The van der Waals surface area contributed by atoms with Crippen molar-refractivity contribution in [2.24, 2.45) is 0 Å². The molecule has 1 aromatic rings. The van der Waals surface area contributed by atoms with Gasteiger partial charge in [0.15, 0.2) is 0 Å². The minimum absolute atomic E-state index is 0.0489. The van der Waals surface area contributed by atoms with Crippen LogP contribution in [0.2, 0.25) is 0 Å². The van der Waals surface area contributed by atoms with Gasteiger partial charge in [-0.15, -0.1) is 0 Å². The predicted molar refractivity (Wildman–Crippen MR) is 110 cm³/mol. The van der Waals surface area contributed by atoms with Crippen LogP contribution in [0.1, 0.15) is 66.2 Å². The molecule has 0 saturated carbocycles. The Bertz CT molecular complexity index is 802. The Labute approximate surface area is 170 Å². The number of nitrogens with zero attached hydrogens (tertiary/aromatic N) is 2. The molecule has 0 N–H and O–H groups in total. The van der Waals surface area contributed by atoms with Crippen LogP contribution in [0, 0.1) is 0 Å². The molecule has 2 saturated heterocycles. The first kappa shape index (κ1) is 21.7. The van der Waals surface area contributed by atoms with Gasteiger partial charge < -0.3 is 0 Å². The van der Waals surface area contributed by atoms with E-state index in [9.17, 15) is 16.8 Å². The van der Waals surface area contributed by atoms with Crippen molar-refractivity contribution in [3.8, 4) is 0 Å². The summed E-state index contributed by atoms with van der Waals surface area (Å²) in [6, 6.07) is 5.56. The van der Waals surface area contributed by atoms with E-state index in [1.807, 2.05) is 27.7 Å². The van der Waals surface area contributed by atoms with E-state index in [4.69, 9.17) is 0 Å². The zero-order chi connectivity index (χ0) is 20.7. The van der Waals surface area contributed by atoms with E-state index in [2.05, 4.69) is 0 Å². The molecule has 3 rings (SSSR count). The number of benzene rings is 1. The van der Waals surface area contributed by atoms with Crippen LogP contribution in [-0.2, 0) is 20.0 Å². The number of piperidine rings is 2. The molecule has 0 aliphatic carbocycles. The molecule has 0 bridgehead atoms. The third-order valence-electron chi connectivity index (χ3n) is 6.20. The van der Waals surface area contributed by atoms with Crippen LogP contribution in [0.3, 0.4) is 0 Å². The topological polar surface area (TPSA) is 74.8 Å². The normalized spacial score (nSPS) is 31.0. The van der Waals surface area contributed by atoms with Crippen molar-refractivity contribution >= 4 is 20.0 Å². The minimum Gasteiger partial charge on any atom is -0.207 e. The van der Waals surface area contributed by atoms with Gasteiger partial charge >= 0.3 is 0 Å². The van der Waals surface area contributed by atoms with Gasteiger partial charge in [0.05, 0.1) is 9.79 Å². The van der Waals surface area contributed by atoms with Gasteiger partial charge in [-0.05, 0) is 77.6 Å². The summed E-state index contributed by atoms with van der Waals surface area (Å²) in [5, 5.41) is 0. The molecular weight excluding hydrogens is 396 g/mol. The first-order valence-electron chi connectivity index (χ1n) is 10.2. The largest absolute Gasteiger partial charge is 0.243 e. The fraction of sp³-hybridized carbons (Fsp3) is 0.700. The third kappa shape index (κ3) is 3.88. The first-order chi connectivity index (χ1) is 13.1. The second-order valence-corrected chi connectivity index (χ2v) is 12.1. The van der Waals surface area contributed by atoms with Crippen molar-refractivity contribution in [3.63, 3.8) is 0 Å². The highest BCUT2D eigenvalue weighted by Crippen LogP contribution is 2.32. The average Bonchev–Trinajstić information content (AvgIpc) is 2.61. The summed E-state index contributed by atoms with van der Waals surface area (Å²) in [5.41, 5.74) is 0.